The lowest BCUT2D eigenvalue weighted by Crippen LogP contribution is -2.55. The van der Waals surface area contributed by atoms with Crippen molar-refractivity contribution in [3.05, 3.63) is 29.8 Å². The van der Waals surface area contributed by atoms with Crippen LogP contribution < -0.4 is 15.4 Å². The van der Waals surface area contributed by atoms with Gasteiger partial charge >= 0.3 is 6.03 Å². The highest BCUT2D eigenvalue weighted by Gasteiger charge is 2.22. The number of carbonyl (C=O) groups excluding carboxylic acids is 1. The SMILES string of the molecule is CC(C)Oc1cccc(C(C)NC(=O)NCC2CN(C)CCN2C)c1. The molecular weight excluding hydrogens is 316 g/mol. The molecule has 0 saturated carbocycles. The summed E-state index contributed by atoms with van der Waals surface area (Å²) in [4.78, 5) is 16.8. The Morgan fingerprint density at radius 1 is 1.28 bits per heavy atom. The number of rotatable bonds is 6. The Morgan fingerprint density at radius 3 is 2.76 bits per heavy atom. The summed E-state index contributed by atoms with van der Waals surface area (Å²) in [5.41, 5.74) is 1.03. The fourth-order valence-corrected chi connectivity index (χ4v) is 2.99. The van der Waals surface area contributed by atoms with Crippen molar-refractivity contribution in [1.82, 2.24) is 20.4 Å². The fourth-order valence-electron chi connectivity index (χ4n) is 2.99. The Labute approximate surface area is 151 Å². The van der Waals surface area contributed by atoms with E-state index in [0.717, 1.165) is 30.9 Å². The molecule has 0 radical (unpaired) electrons. The minimum atomic E-state index is -0.135. The van der Waals surface area contributed by atoms with Gasteiger partial charge in [0.05, 0.1) is 12.1 Å². The Kier molecular flexibility index (Phi) is 7.08. The molecule has 1 aromatic carbocycles. The lowest BCUT2D eigenvalue weighted by Gasteiger charge is -2.37. The van der Waals surface area contributed by atoms with Crippen molar-refractivity contribution in [3.8, 4) is 5.75 Å². The van der Waals surface area contributed by atoms with Crippen molar-refractivity contribution in [3.63, 3.8) is 0 Å². The van der Waals surface area contributed by atoms with Crippen LogP contribution in [-0.4, -0.2) is 68.3 Å². The van der Waals surface area contributed by atoms with Crippen molar-refractivity contribution >= 4 is 6.03 Å². The zero-order valence-corrected chi connectivity index (χ0v) is 16.1. The van der Waals surface area contributed by atoms with Crippen LogP contribution in [0.1, 0.15) is 32.4 Å². The van der Waals surface area contributed by atoms with Gasteiger partial charge in [0.2, 0.25) is 0 Å². The normalized spacial score (nSPS) is 20.3. The molecule has 2 rings (SSSR count). The number of nitrogens with one attached hydrogen (secondary N) is 2. The number of amides is 2. The van der Waals surface area contributed by atoms with E-state index in [-0.39, 0.29) is 18.2 Å². The van der Waals surface area contributed by atoms with Crippen LogP contribution in [0.15, 0.2) is 24.3 Å². The molecule has 0 aromatic heterocycles. The highest BCUT2D eigenvalue weighted by Crippen LogP contribution is 2.20. The average molecular weight is 348 g/mol. The maximum Gasteiger partial charge on any atom is 0.315 e. The van der Waals surface area contributed by atoms with Gasteiger partial charge < -0.3 is 20.3 Å². The maximum atomic E-state index is 12.2. The van der Waals surface area contributed by atoms with Crippen molar-refractivity contribution in [2.45, 2.75) is 39.0 Å². The zero-order valence-electron chi connectivity index (χ0n) is 16.1. The lowest BCUT2D eigenvalue weighted by atomic mass is 10.1. The van der Waals surface area contributed by atoms with Gasteiger partial charge in [-0.25, -0.2) is 4.79 Å². The van der Waals surface area contributed by atoms with Gasteiger partial charge in [0, 0.05) is 32.2 Å². The van der Waals surface area contributed by atoms with Crippen molar-refractivity contribution in [2.75, 3.05) is 40.3 Å². The summed E-state index contributed by atoms with van der Waals surface area (Å²) in [6.45, 7) is 9.71. The van der Waals surface area contributed by atoms with Gasteiger partial charge in [-0.15, -0.1) is 0 Å². The average Bonchev–Trinajstić information content (AvgIpc) is 2.55. The third kappa shape index (κ3) is 6.21. The Morgan fingerprint density at radius 2 is 2.04 bits per heavy atom. The van der Waals surface area contributed by atoms with E-state index in [4.69, 9.17) is 4.74 Å². The number of carbonyl (C=O) groups is 1. The highest BCUT2D eigenvalue weighted by atomic mass is 16.5. The number of nitrogens with zero attached hydrogens (tertiary/aromatic N) is 2. The molecule has 0 bridgehead atoms. The summed E-state index contributed by atoms with van der Waals surface area (Å²) in [6.07, 6.45) is 0.132. The van der Waals surface area contributed by atoms with Gasteiger partial charge in [0.1, 0.15) is 5.75 Å². The first-order chi connectivity index (χ1) is 11.8. The second-order valence-electron chi connectivity index (χ2n) is 7.21. The van der Waals surface area contributed by atoms with Gasteiger partial charge in [-0.3, -0.25) is 4.90 Å². The first-order valence-corrected chi connectivity index (χ1v) is 9.05. The minimum absolute atomic E-state index is 0.0810. The standard InChI is InChI=1S/C19H32N4O2/c1-14(2)25-18-8-6-7-16(11-18)15(3)21-19(24)20-12-17-13-22(4)9-10-23(17)5/h6-8,11,14-15,17H,9-10,12-13H2,1-5H3,(H2,20,21,24). The van der Waals surface area contributed by atoms with Gasteiger partial charge in [-0.05, 0) is 52.6 Å². The third-order valence-electron chi connectivity index (χ3n) is 4.56. The topological polar surface area (TPSA) is 56.8 Å². The molecule has 1 aliphatic rings. The van der Waals surface area contributed by atoms with Crippen LogP contribution in [0.2, 0.25) is 0 Å². The van der Waals surface area contributed by atoms with Crippen LogP contribution in [0.4, 0.5) is 4.79 Å². The summed E-state index contributed by atoms with van der Waals surface area (Å²) in [6, 6.07) is 8.01. The Balaban J connectivity index is 1.83. The number of piperazine rings is 1. The van der Waals surface area contributed by atoms with E-state index >= 15 is 0 Å². The summed E-state index contributed by atoms with van der Waals surface area (Å²) >= 11 is 0. The molecule has 2 N–H and O–H groups in total. The summed E-state index contributed by atoms with van der Waals surface area (Å²) in [5, 5.41) is 6.01. The molecule has 25 heavy (non-hydrogen) atoms. The van der Waals surface area contributed by atoms with Crippen molar-refractivity contribution in [2.24, 2.45) is 0 Å². The first kappa shape index (κ1) is 19.5. The zero-order chi connectivity index (χ0) is 18.4. The molecule has 0 spiro atoms. The second kappa shape index (κ2) is 9.06. The molecule has 6 heteroatoms. The molecule has 6 nitrogen and oxygen atoms in total. The van der Waals surface area contributed by atoms with Gasteiger partial charge in [-0.2, -0.15) is 0 Å². The first-order valence-electron chi connectivity index (χ1n) is 9.05. The fraction of sp³-hybridized carbons (Fsp3) is 0.632. The molecule has 1 aliphatic heterocycles. The molecule has 1 fully saturated rings. The lowest BCUT2D eigenvalue weighted by molar-refractivity contribution is 0.114. The van der Waals surface area contributed by atoms with Crippen molar-refractivity contribution in [1.29, 1.82) is 0 Å². The molecule has 2 amide bonds. The van der Waals surface area contributed by atoms with E-state index < -0.39 is 0 Å². The van der Waals surface area contributed by atoms with E-state index in [9.17, 15) is 4.79 Å². The van der Waals surface area contributed by atoms with Gasteiger partial charge in [0.25, 0.3) is 0 Å². The maximum absolute atomic E-state index is 12.2. The molecule has 2 atom stereocenters. The number of urea groups is 1. The molecule has 1 heterocycles. The number of likely N-dealkylation sites (N-methyl/N-ethyl adjacent to an activating group) is 2. The number of hydrogen-bond donors (Lipinski definition) is 2. The van der Waals surface area contributed by atoms with Crippen LogP contribution >= 0.6 is 0 Å². The summed E-state index contributed by atoms with van der Waals surface area (Å²) in [7, 11) is 4.23. The van der Waals surface area contributed by atoms with Crippen LogP contribution in [0.3, 0.4) is 0 Å². The smallest absolute Gasteiger partial charge is 0.315 e. The molecule has 1 saturated heterocycles. The number of ether oxygens (including phenoxy) is 1. The molecule has 140 valence electrons. The largest absolute Gasteiger partial charge is 0.491 e. The third-order valence-corrected chi connectivity index (χ3v) is 4.56. The summed E-state index contributed by atoms with van der Waals surface area (Å²) in [5.74, 6) is 0.827. The number of hydrogen-bond acceptors (Lipinski definition) is 4. The van der Waals surface area contributed by atoms with E-state index in [2.05, 4.69) is 34.5 Å². The van der Waals surface area contributed by atoms with E-state index in [1.54, 1.807) is 0 Å². The molecule has 2 unspecified atom stereocenters. The van der Waals surface area contributed by atoms with Gasteiger partial charge in [-0.1, -0.05) is 12.1 Å². The minimum Gasteiger partial charge on any atom is -0.491 e. The van der Waals surface area contributed by atoms with E-state index in [1.807, 2.05) is 45.0 Å². The number of benzene rings is 1. The molecule has 1 aromatic rings. The predicted octanol–water partition coefficient (Wildman–Crippen LogP) is 2.08. The monoisotopic (exact) mass is 348 g/mol. The van der Waals surface area contributed by atoms with Crippen LogP contribution in [0, 0.1) is 0 Å². The quantitative estimate of drug-likeness (QED) is 0.826. The van der Waals surface area contributed by atoms with E-state index in [1.165, 1.54) is 0 Å². The van der Waals surface area contributed by atoms with E-state index in [0.29, 0.717) is 12.6 Å². The second-order valence-corrected chi connectivity index (χ2v) is 7.21. The van der Waals surface area contributed by atoms with Crippen LogP contribution in [-0.2, 0) is 0 Å². The Hall–Kier alpha value is -1.79. The summed E-state index contributed by atoms with van der Waals surface area (Å²) < 4.78 is 5.72. The highest BCUT2D eigenvalue weighted by molar-refractivity contribution is 5.74. The molecular formula is C19H32N4O2. The Bertz CT molecular complexity index is 564. The van der Waals surface area contributed by atoms with Crippen LogP contribution in [0.5, 0.6) is 5.75 Å². The van der Waals surface area contributed by atoms with Gasteiger partial charge in [0.15, 0.2) is 0 Å². The predicted molar refractivity (Wildman–Crippen MR) is 101 cm³/mol. The van der Waals surface area contributed by atoms with Crippen LogP contribution in [0.25, 0.3) is 0 Å². The van der Waals surface area contributed by atoms with Crippen molar-refractivity contribution < 1.29 is 9.53 Å². The molecule has 0 aliphatic carbocycles.